The topological polar surface area (TPSA) is 40.5 Å². The average molecular weight is 101 g/mol. The summed E-state index contributed by atoms with van der Waals surface area (Å²) in [5, 5.41) is 17.4. The normalized spacial score (nSPS) is 42.0. The number of rotatable bonds is 0. The maximum atomic E-state index is 8.68. The monoisotopic (exact) mass is 101 g/mol. The van der Waals surface area contributed by atoms with Gasteiger partial charge in [-0.25, -0.2) is 0 Å². The van der Waals surface area contributed by atoms with E-state index in [9.17, 15) is 0 Å². The molecule has 1 radical (unpaired) electrons. The zero-order chi connectivity index (χ0) is 5.28. The summed E-state index contributed by atoms with van der Waals surface area (Å²) in [5.41, 5.74) is 0. The highest BCUT2D eigenvalue weighted by Crippen LogP contribution is 2.16. The van der Waals surface area contributed by atoms with Gasteiger partial charge in [0, 0.05) is 6.42 Å². The Labute approximate surface area is 42.8 Å². The van der Waals surface area contributed by atoms with E-state index < -0.39 is 0 Å². The predicted octanol–water partition coefficient (Wildman–Crippen LogP) is -0.294. The van der Waals surface area contributed by atoms with Crippen LogP contribution in [0.5, 0.6) is 0 Å². The van der Waals surface area contributed by atoms with Gasteiger partial charge in [0.2, 0.25) is 0 Å². The fourth-order valence-corrected chi connectivity index (χ4v) is 0.790. The molecule has 0 aromatic rings. The zero-order valence-corrected chi connectivity index (χ0v) is 4.04. The van der Waals surface area contributed by atoms with E-state index in [4.69, 9.17) is 10.2 Å². The Morgan fingerprint density at radius 1 is 1.14 bits per heavy atom. The van der Waals surface area contributed by atoms with Crippen molar-refractivity contribution in [3.8, 4) is 0 Å². The lowest BCUT2D eigenvalue weighted by Crippen LogP contribution is -2.04. The molecule has 1 fully saturated rings. The molecule has 7 heavy (non-hydrogen) atoms. The largest absolute Gasteiger partial charge is 0.393 e. The summed E-state index contributed by atoms with van der Waals surface area (Å²) in [6, 6.07) is 0. The van der Waals surface area contributed by atoms with E-state index in [0.29, 0.717) is 0 Å². The van der Waals surface area contributed by atoms with Gasteiger partial charge in [0.25, 0.3) is 0 Å². The molecule has 0 saturated heterocycles. The highest BCUT2D eigenvalue weighted by molar-refractivity contribution is 4.90. The third-order valence-electron chi connectivity index (χ3n) is 1.20. The molecule has 1 rings (SSSR count). The molecule has 0 aliphatic heterocycles. The second-order valence-corrected chi connectivity index (χ2v) is 1.90. The van der Waals surface area contributed by atoms with Gasteiger partial charge in [0.15, 0.2) is 0 Å². The van der Waals surface area contributed by atoms with Gasteiger partial charge in [-0.15, -0.1) is 0 Å². The molecule has 2 unspecified atom stereocenters. The molecule has 0 spiro atoms. The molecule has 0 aromatic carbocycles. The van der Waals surface area contributed by atoms with Gasteiger partial charge in [0.05, 0.1) is 12.2 Å². The molecule has 0 heterocycles. The summed E-state index contributed by atoms with van der Waals surface area (Å²) in [6.45, 7) is 0. The summed E-state index contributed by atoms with van der Waals surface area (Å²) < 4.78 is 0. The van der Waals surface area contributed by atoms with Crippen LogP contribution in [0.3, 0.4) is 0 Å². The van der Waals surface area contributed by atoms with Crippen molar-refractivity contribution in [1.82, 2.24) is 0 Å². The molecule has 0 bridgehead atoms. The van der Waals surface area contributed by atoms with E-state index >= 15 is 0 Å². The minimum atomic E-state index is -0.352. The van der Waals surface area contributed by atoms with Gasteiger partial charge in [0.1, 0.15) is 0 Å². The first-order chi connectivity index (χ1) is 3.29. The number of hydrogen-bond donors (Lipinski definition) is 2. The van der Waals surface area contributed by atoms with Crippen LogP contribution in [0, 0.1) is 6.42 Å². The summed E-state index contributed by atoms with van der Waals surface area (Å²) >= 11 is 0. The first kappa shape index (κ1) is 5.06. The molecule has 2 N–H and O–H groups in total. The fraction of sp³-hybridized carbons (Fsp3) is 0.800. The minimum Gasteiger partial charge on any atom is -0.393 e. The fourth-order valence-electron chi connectivity index (χ4n) is 0.790. The van der Waals surface area contributed by atoms with E-state index in [2.05, 4.69) is 0 Å². The van der Waals surface area contributed by atoms with Crippen molar-refractivity contribution in [3.63, 3.8) is 0 Å². The van der Waals surface area contributed by atoms with E-state index in [1.54, 1.807) is 6.42 Å². The molecule has 2 atom stereocenters. The van der Waals surface area contributed by atoms with Crippen LogP contribution in [0.4, 0.5) is 0 Å². The average Bonchev–Trinajstić information content (AvgIpc) is 1.87. The third-order valence-corrected chi connectivity index (χ3v) is 1.20. The standard InChI is InChI=1S/C5H9O2/c6-4-1-2-5(7)3-4/h3-7H,1-2H2. The summed E-state index contributed by atoms with van der Waals surface area (Å²) in [4.78, 5) is 0. The molecular weight excluding hydrogens is 92.1 g/mol. The Morgan fingerprint density at radius 2 is 1.57 bits per heavy atom. The highest BCUT2D eigenvalue weighted by atomic mass is 16.3. The zero-order valence-electron chi connectivity index (χ0n) is 4.04. The second kappa shape index (κ2) is 1.80. The van der Waals surface area contributed by atoms with Crippen LogP contribution in [0.1, 0.15) is 12.8 Å². The summed E-state index contributed by atoms with van der Waals surface area (Å²) in [7, 11) is 0. The minimum absolute atomic E-state index is 0.352. The van der Waals surface area contributed by atoms with Crippen molar-refractivity contribution in [1.29, 1.82) is 0 Å². The SMILES string of the molecule is OC1[CH]C(O)CC1. The predicted molar refractivity (Wildman–Crippen MR) is 25.5 cm³/mol. The third kappa shape index (κ3) is 1.14. The van der Waals surface area contributed by atoms with Crippen LogP contribution in [0.25, 0.3) is 0 Å². The van der Waals surface area contributed by atoms with E-state index in [1.807, 2.05) is 0 Å². The second-order valence-electron chi connectivity index (χ2n) is 1.90. The van der Waals surface area contributed by atoms with Gasteiger partial charge < -0.3 is 10.2 Å². The van der Waals surface area contributed by atoms with Crippen LogP contribution in [0.15, 0.2) is 0 Å². The smallest absolute Gasteiger partial charge is 0.0598 e. The van der Waals surface area contributed by atoms with Gasteiger partial charge in [-0.3, -0.25) is 0 Å². The van der Waals surface area contributed by atoms with Crippen molar-refractivity contribution in [2.75, 3.05) is 0 Å². The quantitative estimate of drug-likeness (QED) is 0.440. The highest BCUT2D eigenvalue weighted by Gasteiger charge is 2.19. The van der Waals surface area contributed by atoms with E-state index in [0.717, 1.165) is 12.8 Å². The summed E-state index contributed by atoms with van der Waals surface area (Å²) in [5.74, 6) is 0. The van der Waals surface area contributed by atoms with Crippen molar-refractivity contribution in [2.24, 2.45) is 0 Å². The number of hydrogen-bond acceptors (Lipinski definition) is 2. The van der Waals surface area contributed by atoms with Crippen molar-refractivity contribution < 1.29 is 10.2 Å². The van der Waals surface area contributed by atoms with E-state index in [1.165, 1.54) is 0 Å². The number of aliphatic hydroxyl groups excluding tert-OH is 2. The lowest BCUT2D eigenvalue weighted by molar-refractivity contribution is 0.193. The molecule has 2 nitrogen and oxygen atoms in total. The molecule has 1 saturated carbocycles. The maximum Gasteiger partial charge on any atom is 0.0598 e. The van der Waals surface area contributed by atoms with Crippen LogP contribution in [0.2, 0.25) is 0 Å². The van der Waals surface area contributed by atoms with Crippen molar-refractivity contribution in [2.45, 2.75) is 25.0 Å². The number of aliphatic hydroxyl groups is 2. The van der Waals surface area contributed by atoms with Gasteiger partial charge in [-0.2, -0.15) is 0 Å². The molecular formula is C5H9O2. The molecule has 1 aliphatic carbocycles. The Morgan fingerprint density at radius 3 is 1.71 bits per heavy atom. The Hall–Kier alpha value is -0.0800. The van der Waals surface area contributed by atoms with Gasteiger partial charge in [-0.1, -0.05) is 0 Å². The lowest BCUT2D eigenvalue weighted by Gasteiger charge is -1.94. The van der Waals surface area contributed by atoms with Crippen molar-refractivity contribution >= 4 is 0 Å². The van der Waals surface area contributed by atoms with Crippen molar-refractivity contribution in [3.05, 3.63) is 6.42 Å². The Balaban J connectivity index is 2.26. The molecule has 2 heteroatoms. The van der Waals surface area contributed by atoms with Crippen LogP contribution in [-0.4, -0.2) is 22.4 Å². The lowest BCUT2D eigenvalue weighted by atomic mass is 10.3. The first-order valence-electron chi connectivity index (χ1n) is 2.50. The maximum absolute atomic E-state index is 8.68. The van der Waals surface area contributed by atoms with Crippen LogP contribution < -0.4 is 0 Å². The molecule has 0 aromatic heterocycles. The van der Waals surface area contributed by atoms with E-state index in [-0.39, 0.29) is 12.2 Å². The van der Waals surface area contributed by atoms with Gasteiger partial charge in [-0.05, 0) is 12.8 Å². The van der Waals surface area contributed by atoms with Crippen LogP contribution in [-0.2, 0) is 0 Å². The summed E-state index contributed by atoms with van der Waals surface area (Å²) in [6.07, 6.45) is 2.30. The van der Waals surface area contributed by atoms with Gasteiger partial charge >= 0.3 is 0 Å². The molecule has 1 aliphatic rings. The Kier molecular flexibility index (Phi) is 1.30. The molecule has 41 valence electrons. The molecule has 0 amide bonds. The first-order valence-corrected chi connectivity index (χ1v) is 2.50. The Bertz CT molecular complexity index is 55.1. The van der Waals surface area contributed by atoms with Crippen LogP contribution >= 0.6 is 0 Å².